The zero-order valence-electron chi connectivity index (χ0n) is 10.8. The van der Waals surface area contributed by atoms with Crippen LogP contribution in [0.5, 0.6) is 0 Å². The van der Waals surface area contributed by atoms with Crippen molar-refractivity contribution in [1.29, 1.82) is 0 Å². The molecule has 17 heavy (non-hydrogen) atoms. The molecule has 1 saturated carbocycles. The van der Waals surface area contributed by atoms with Crippen molar-refractivity contribution in [1.82, 2.24) is 10.1 Å². The van der Waals surface area contributed by atoms with Gasteiger partial charge in [-0.3, -0.25) is 0 Å². The van der Waals surface area contributed by atoms with Crippen molar-refractivity contribution < 1.29 is 9.26 Å². The highest BCUT2D eigenvalue weighted by atomic mass is 16.5. The molecule has 1 aromatic rings. The van der Waals surface area contributed by atoms with Crippen LogP contribution in [0.2, 0.25) is 0 Å². The molecule has 1 fully saturated rings. The highest BCUT2D eigenvalue weighted by Crippen LogP contribution is 2.33. The molecule has 0 aromatic carbocycles. The standard InChI is InChI=1S/C12H21N3O2/c1-4-16-12(2,3)11-14-10(17-15-11)8-5-6-9(13)7-8/h8-9H,4-7,13H2,1-3H3/t8-,9+/m1/s1. The second kappa shape index (κ2) is 4.74. The smallest absolute Gasteiger partial charge is 0.229 e. The largest absolute Gasteiger partial charge is 0.368 e. The molecule has 0 radical (unpaired) electrons. The summed E-state index contributed by atoms with van der Waals surface area (Å²) in [6, 6.07) is 0.273. The first kappa shape index (κ1) is 12.5. The van der Waals surface area contributed by atoms with Gasteiger partial charge in [-0.15, -0.1) is 0 Å². The van der Waals surface area contributed by atoms with Crippen LogP contribution < -0.4 is 5.73 Å². The van der Waals surface area contributed by atoms with Crippen LogP contribution in [0.25, 0.3) is 0 Å². The summed E-state index contributed by atoms with van der Waals surface area (Å²) in [4.78, 5) is 4.46. The molecule has 0 spiro atoms. The fraction of sp³-hybridized carbons (Fsp3) is 0.833. The van der Waals surface area contributed by atoms with Crippen LogP contribution in [0.3, 0.4) is 0 Å². The maximum Gasteiger partial charge on any atom is 0.229 e. The van der Waals surface area contributed by atoms with E-state index < -0.39 is 5.60 Å². The number of ether oxygens (including phenoxy) is 1. The molecular formula is C12H21N3O2. The van der Waals surface area contributed by atoms with E-state index in [4.69, 9.17) is 15.0 Å². The maximum atomic E-state index is 5.89. The minimum Gasteiger partial charge on any atom is -0.368 e. The van der Waals surface area contributed by atoms with Gasteiger partial charge in [-0.05, 0) is 40.0 Å². The average Bonchev–Trinajstić information content (AvgIpc) is 2.85. The fourth-order valence-corrected chi connectivity index (χ4v) is 2.31. The number of nitrogens with two attached hydrogens (primary N) is 1. The summed E-state index contributed by atoms with van der Waals surface area (Å²) in [6.07, 6.45) is 3.02. The van der Waals surface area contributed by atoms with Crippen LogP contribution in [0.4, 0.5) is 0 Å². The Morgan fingerprint density at radius 1 is 1.47 bits per heavy atom. The Bertz CT molecular complexity index is 376. The molecule has 1 aliphatic carbocycles. The lowest BCUT2D eigenvalue weighted by atomic mass is 10.1. The molecule has 0 saturated heterocycles. The lowest BCUT2D eigenvalue weighted by Gasteiger charge is -2.19. The zero-order valence-corrected chi connectivity index (χ0v) is 10.8. The molecule has 2 rings (SSSR count). The Labute approximate surface area is 102 Å². The second-order valence-corrected chi connectivity index (χ2v) is 5.17. The van der Waals surface area contributed by atoms with Crippen LogP contribution in [0, 0.1) is 0 Å². The van der Waals surface area contributed by atoms with Crippen molar-refractivity contribution in [3.8, 4) is 0 Å². The summed E-state index contributed by atoms with van der Waals surface area (Å²) in [5, 5.41) is 4.02. The van der Waals surface area contributed by atoms with Gasteiger partial charge in [0.05, 0.1) is 0 Å². The molecule has 1 aromatic heterocycles. The Morgan fingerprint density at radius 2 is 2.24 bits per heavy atom. The molecular weight excluding hydrogens is 218 g/mol. The van der Waals surface area contributed by atoms with Crippen molar-refractivity contribution in [3.05, 3.63) is 11.7 Å². The number of hydrogen-bond acceptors (Lipinski definition) is 5. The number of aromatic nitrogens is 2. The minimum atomic E-state index is -0.489. The Morgan fingerprint density at radius 3 is 2.82 bits per heavy atom. The van der Waals surface area contributed by atoms with Crippen LogP contribution in [-0.4, -0.2) is 22.8 Å². The van der Waals surface area contributed by atoms with Gasteiger partial charge in [-0.2, -0.15) is 4.98 Å². The number of hydrogen-bond donors (Lipinski definition) is 1. The molecule has 96 valence electrons. The summed E-state index contributed by atoms with van der Waals surface area (Å²) >= 11 is 0. The summed E-state index contributed by atoms with van der Waals surface area (Å²) in [5.41, 5.74) is 5.40. The summed E-state index contributed by atoms with van der Waals surface area (Å²) in [6.45, 7) is 6.49. The van der Waals surface area contributed by atoms with Crippen LogP contribution >= 0.6 is 0 Å². The third-order valence-electron chi connectivity index (χ3n) is 3.31. The molecule has 5 nitrogen and oxygen atoms in total. The van der Waals surface area contributed by atoms with E-state index in [9.17, 15) is 0 Å². The van der Waals surface area contributed by atoms with Crippen molar-refractivity contribution in [2.75, 3.05) is 6.61 Å². The number of nitrogens with zero attached hydrogens (tertiary/aromatic N) is 2. The molecule has 1 aliphatic rings. The molecule has 0 unspecified atom stereocenters. The van der Waals surface area contributed by atoms with Gasteiger partial charge in [0.25, 0.3) is 0 Å². The van der Waals surface area contributed by atoms with Crippen LogP contribution in [0.1, 0.15) is 57.7 Å². The molecule has 2 atom stereocenters. The van der Waals surface area contributed by atoms with E-state index in [1.807, 2.05) is 20.8 Å². The Kier molecular flexibility index (Phi) is 3.49. The lowest BCUT2D eigenvalue weighted by molar-refractivity contribution is -0.0221. The van der Waals surface area contributed by atoms with Crippen molar-refractivity contribution in [2.24, 2.45) is 5.73 Å². The van der Waals surface area contributed by atoms with Crippen molar-refractivity contribution in [3.63, 3.8) is 0 Å². The van der Waals surface area contributed by atoms with Gasteiger partial charge in [0.2, 0.25) is 11.7 Å². The van der Waals surface area contributed by atoms with Crippen molar-refractivity contribution >= 4 is 0 Å². The van der Waals surface area contributed by atoms with Crippen molar-refractivity contribution in [2.45, 2.75) is 57.6 Å². The average molecular weight is 239 g/mol. The third-order valence-corrected chi connectivity index (χ3v) is 3.31. The van der Waals surface area contributed by atoms with E-state index in [2.05, 4.69) is 10.1 Å². The van der Waals surface area contributed by atoms with E-state index in [0.717, 1.165) is 19.3 Å². The van der Waals surface area contributed by atoms with E-state index in [1.54, 1.807) is 0 Å². The highest BCUT2D eigenvalue weighted by molar-refractivity contribution is 5.03. The molecule has 0 aliphatic heterocycles. The topological polar surface area (TPSA) is 74.2 Å². The molecule has 5 heteroatoms. The van der Waals surface area contributed by atoms with E-state index >= 15 is 0 Å². The first-order chi connectivity index (χ1) is 8.03. The minimum absolute atomic E-state index is 0.273. The summed E-state index contributed by atoms with van der Waals surface area (Å²) in [5.74, 6) is 1.65. The van der Waals surface area contributed by atoms with E-state index in [0.29, 0.717) is 24.2 Å². The Hall–Kier alpha value is -0.940. The quantitative estimate of drug-likeness (QED) is 0.869. The first-order valence-electron chi connectivity index (χ1n) is 6.26. The Balaban J connectivity index is 2.10. The maximum absolute atomic E-state index is 5.89. The van der Waals surface area contributed by atoms with Gasteiger partial charge in [0, 0.05) is 18.6 Å². The normalized spacial score (nSPS) is 25.4. The molecule has 1 heterocycles. The van der Waals surface area contributed by atoms with Gasteiger partial charge in [-0.25, -0.2) is 0 Å². The zero-order chi connectivity index (χ0) is 12.5. The first-order valence-corrected chi connectivity index (χ1v) is 6.26. The van der Waals surface area contributed by atoms with Crippen LogP contribution in [0.15, 0.2) is 4.52 Å². The monoisotopic (exact) mass is 239 g/mol. The molecule has 0 amide bonds. The van der Waals surface area contributed by atoms with E-state index in [-0.39, 0.29) is 6.04 Å². The van der Waals surface area contributed by atoms with Gasteiger partial charge in [0.1, 0.15) is 5.60 Å². The molecule has 0 bridgehead atoms. The van der Waals surface area contributed by atoms with Crippen LogP contribution in [-0.2, 0) is 10.3 Å². The summed E-state index contributed by atoms with van der Waals surface area (Å²) < 4.78 is 10.9. The SMILES string of the molecule is CCOC(C)(C)c1noc([C@@H]2CC[C@H](N)C2)n1. The van der Waals surface area contributed by atoms with Gasteiger partial charge >= 0.3 is 0 Å². The highest BCUT2D eigenvalue weighted by Gasteiger charge is 2.32. The third kappa shape index (κ3) is 2.66. The predicted octanol–water partition coefficient (Wildman–Crippen LogP) is 1.94. The summed E-state index contributed by atoms with van der Waals surface area (Å²) in [7, 11) is 0. The molecule has 2 N–H and O–H groups in total. The van der Waals surface area contributed by atoms with Gasteiger partial charge < -0.3 is 15.0 Å². The predicted molar refractivity (Wildman–Crippen MR) is 63.5 cm³/mol. The fourth-order valence-electron chi connectivity index (χ4n) is 2.31. The van der Waals surface area contributed by atoms with Gasteiger partial charge in [-0.1, -0.05) is 5.16 Å². The number of rotatable bonds is 4. The van der Waals surface area contributed by atoms with Gasteiger partial charge in [0.15, 0.2) is 0 Å². The lowest BCUT2D eigenvalue weighted by Crippen LogP contribution is -2.23. The van der Waals surface area contributed by atoms with E-state index in [1.165, 1.54) is 0 Å². The second-order valence-electron chi connectivity index (χ2n) is 5.17.